The number of hydrogen-bond donors (Lipinski definition) is 2. The Morgan fingerprint density at radius 2 is 2.35 bits per heavy atom. The number of nitrogens with zero attached hydrogens (tertiary/aromatic N) is 1. The fourth-order valence-electron chi connectivity index (χ4n) is 1.21. The van der Waals surface area contributed by atoms with Gasteiger partial charge in [0.2, 0.25) is 0 Å². The van der Waals surface area contributed by atoms with Crippen molar-refractivity contribution in [2.24, 2.45) is 11.8 Å². The molecule has 0 aliphatic heterocycles. The van der Waals surface area contributed by atoms with E-state index in [-0.39, 0.29) is 5.91 Å². The smallest absolute Gasteiger partial charge is 0.266 e. The van der Waals surface area contributed by atoms with E-state index in [1.165, 1.54) is 6.42 Å². The Morgan fingerprint density at radius 1 is 1.59 bits per heavy atom. The average molecular weight is 253 g/mol. The first-order chi connectivity index (χ1) is 8.17. The van der Waals surface area contributed by atoms with Crippen LogP contribution >= 0.6 is 11.8 Å². The number of thioether (sulfide) groups is 1. The lowest BCUT2D eigenvalue weighted by Crippen LogP contribution is -2.30. The lowest BCUT2D eigenvalue weighted by Gasteiger charge is -2.07. The molecular formula is C12H19N3OS. The quantitative estimate of drug-likeness (QED) is 0.462. The van der Waals surface area contributed by atoms with Crippen LogP contribution in [0.5, 0.6) is 0 Å². The number of carbonyl (C=O) groups is 1. The molecule has 1 rings (SSSR count). The second kappa shape index (κ2) is 7.29. The van der Waals surface area contributed by atoms with Crippen LogP contribution in [0.3, 0.4) is 0 Å². The molecule has 4 nitrogen and oxygen atoms in total. The molecule has 3 N–H and O–H groups in total. The predicted molar refractivity (Wildman–Crippen MR) is 71.5 cm³/mol. The van der Waals surface area contributed by atoms with Gasteiger partial charge in [-0.15, -0.1) is 0 Å². The van der Waals surface area contributed by atoms with E-state index < -0.39 is 0 Å². The molecule has 0 saturated carbocycles. The zero-order valence-corrected chi connectivity index (χ0v) is 11.1. The molecule has 0 radical (unpaired) electrons. The summed E-state index contributed by atoms with van der Waals surface area (Å²) in [6, 6.07) is 3.61. The zero-order valence-electron chi connectivity index (χ0n) is 10.3. The molecule has 0 saturated heterocycles. The number of hydrazine groups is 1. The van der Waals surface area contributed by atoms with Crippen molar-refractivity contribution in [2.45, 2.75) is 26.0 Å². The fraction of sp³-hybridized carbons (Fsp3) is 0.500. The molecular weight excluding hydrogens is 234 g/mol. The first-order valence-electron chi connectivity index (χ1n) is 5.71. The third-order valence-electron chi connectivity index (χ3n) is 2.57. The predicted octanol–water partition coefficient (Wildman–Crippen LogP) is 1.96. The molecule has 1 unspecified atom stereocenters. The van der Waals surface area contributed by atoms with E-state index in [1.54, 1.807) is 12.3 Å². The van der Waals surface area contributed by atoms with Crippen LogP contribution in [0.4, 0.5) is 0 Å². The zero-order chi connectivity index (χ0) is 12.7. The van der Waals surface area contributed by atoms with Gasteiger partial charge >= 0.3 is 0 Å². The Kier molecular flexibility index (Phi) is 6.00. The van der Waals surface area contributed by atoms with Crippen molar-refractivity contribution in [3.8, 4) is 0 Å². The first-order valence-corrected chi connectivity index (χ1v) is 6.86. The first kappa shape index (κ1) is 14.0. The Balaban J connectivity index is 2.43. The SMILES string of the molecule is CCC(C)CSCc1ccc(C(=O)NN)cn1. The van der Waals surface area contributed by atoms with Crippen LogP contribution in [0.15, 0.2) is 18.3 Å². The third-order valence-corrected chi connectivity index (χ3v) is 3.87. The molecule has 1 aromatic heterocycles. The van der Waals surface area contributed by atoms with Gasteiger partial charge in [-0.2, -0.15) is 11.8 Å². The number of aromatic nitrogens is 1. The van der Waals surface area contributed by atoms with Gasteiger partial charge in [0.15, 0.2) is 0 Å². The van der Waals surface area contributed by atoms with E-state index in [0.29, 0.717) is 5.56 Å². The molecule has 1 amide bonds. The van der Waals surface area contributed by atoms with Gasteiger partial charge in [0, 0.05) is 11.9 Å². The fourth-order valence-corrected chi connectivity index (χ4v) is 2.35. The highest BCUT2D eigenvalue weighted by Gasteiger charge is 2.04. The van der Waals surface area contributed by atoms with Crippen molar-refractivity contribution in [3.63, 3.8) is 0 Å². The second-order valence-electron chi connectivity index (χ2n) is 4.04. The second-order valence-corrected chi connectivity index (χ2v) is 5.07. The van der Waals surface area contributed by atoms with Crippen molar-refractivity contribution in [2.75, 3.05) is 5.75 Å². The van der Waals surface area contributed by atoms with E-state index >= 15 is 0 Å². The van der Waals surface area contributed by atoms with Crippen molar-refractivity contribution in [3.05, 3.63) is 29.6 Å². The number of amides is 1. The molecule has 0 aliphatic rings. The minimum atomic E-state index is -0.309. The van der Waals surface area contributed by atoms with Crippen LogP contribution < -0.4 is 11.3 Å². The van der Waals surface area contributed by atoms with E-state index in [1.807, 2.05) is 17.8 Å². The number of nitrogens with one attached hydrogen (secondary N) is 1. The molecule has 1 heterocycles. The largest absolute Gasteiger partial charge is 0.290 e. The number of rotatable bonds is 6. The van der Waals surface area contributed by atoms with E-state index in [2.05, 4.69) is 24.3 Å². The monoisotopic (exact) mass is 253 g/mol. The molecule has 5 heteroatoms. The highest BCUT2D eigenvalue weighted by Crippen LogP contribution is 2.15. The summed E-state index contributed by atoms with van der Waals surface area (Å²) in [5.41, 5.74) is 3.56. The average Bonchev–Trinajstić information content (AvgIpc) is 2.38. The summed E-state index contributed by atoms with van der Waals surface area (Å²) >= 11 is 1.87. The van der Waals surface area contributed by atoms with Gasteiger partial charge in [-0.05, 0) is 23.8 Å². The van der Waals surface area contributed by atoms with Crippen molar-refractivity contribution in [1.82, 2.24) is 10.4 Å². The summed E-state index contributed by atoms with van der Waals surface area (Å²) in [6.45, 7) is 4.44. The summed E-state index contributed by atoms with van der Waals surface area (Å²) in [5.74, 6) is 7.49. The van der Waals surface area contributed by atoms with Gasteiger partial charge < -0.3 is 0 Å². The van der Waals surface area contributed by atoms with Gasteiger partial charge in [0.25, 0.3) is 5.91 Å². The molecule has 0 spiro atoms. The van der Waals surface area contributed by atoms with Gasteiger partial charge in [-0.1, -0.05) is 20.3 Å². The molecule has 0 fully saturated rings. The lowest BCUT2D eigenvalue weighted by atomic mass is 10.2. The summed E-state index contributed by atoms with van der Waals surface area (Å²) < 4.78 is 0. The number of nitrogen functional groups attached to an aromatic ring is 1. The standard InChI is InChI=1S/C12H19N3OS/c1-3-9(2)7-17-8-11-5-4-10(6-14-11)12(16)15-13/h4-6,9H,3,7-8,13H2,1-2H3,(H,15,16). The Bertz CT molecular complexity index is 353. The van der Waals surface area contributed by atoms with E-state index in [4.69, 9.17) is 5.84 Å². The maximum Gasteiger partial charge on any atom is 0.266 e. The number of pyridine rings is 1. The van der Waals surface area contributed by atoms with Crippen molar-refractivity contribution >= 4 is 17.7 Å². The van der Waals surface area contributed by atoms with Crippen molar-refractivity contribution < 1.29 is 4.79 Å². The lowest BCUT2D eigenvalue weighted by molar-refractivity contribution is 0.0953. The van der Waals surface area contributed by atoms with Crippen LogP contribution in [-0.4, -0.2) is 16.6 Å². The molecule has 0 aromatic carbocycles. The van der Waals surface area contributed by atoms with Crippen LogP contribution in [0, 0.1) is 5.92 Å². The Hall–Kier alpha value is -1.07. The summed E-state index contributed by atoms with van der Waals surface area (Å²) in [5, 5.41) is 0. The Morgan fingerprint density at radius 3 is 2.88 bits per heavy atom. The molecule has 94 valence electrons. The maximum atomic E-state index is 11.2. The number of carbonyl (C=O) groups excluding carboxylic acids is 1. The molecule has 17 heavy (non-hydrogen) atoms. The van der Waals surface area contributed by atoms with Gasteiger partial charge in [-0.3, -0.25) is 15.2 Å². The van der Waals surface area contributed by atoms with E-state index in [9.17, 15) is 4.79 Å². The number of hydrogen-bond acceptors (Lipinski definition) is 4. The molecule has 1 atom stereocenters. The van der Waals surface area contributed by atoms with Gasteiger partial charge in [0.05, 0.1) is 11.3 Å². The topological polar surface area (TPSA) is 68.0 Å². The summed E-state index contributed by atoms with van der Waals surface area (Å²) in [4.78, 5) is 15.4. The highest BCUT2D eigenvalue weighted by atomic mass is 32.2. The maximum absolute atomic E-state index is 11.2. The number of nitrogens with two attached hydrogens (primary N) is 1. The van der Waals surface area contributed by atoms with Crippen LogP contribution in [0.2, 0.25) is 0 Å². The normalized spacial score (nSPS) is 12.2. The molecule has 0 bridgehead atoms. The minimum absolute atomic E-state index is 0.309. The Labute approximate surface area is 106 Å². The summed E-state index contributed by atoms with van der Waals surface area (Å²) in [7, 11) is 0. The van der Waals surface area contributed by atoms with Gasteiger partial charge in [-0.25, -0.2) is 5.84 Å². The van der Waals surface area contributed by atoms with Crippen LogP contribution in [-0.2, 0) is 5.75 Å². The highest BCUT2D eigenvalue weighted by molar-refractivity contribution is 7.98. The van der Waals surface area contributed by atoms with Crippen LogP contribution in [0.1, 0.15) is 36.3 Å². The van der Waals surface area contributed by atoms with E-state index in [0.717, 1.165) is 23.1 Å². The van der Waals surface area contributed by atoms with Crippen molar-refractivity contribution in [1.29, 1.82) is 0 Å². The molecule has 0 aliphatic carbocycles. The van der Waals surface area contributed by atoms with Crippen LogP contribution in [0.25, 0.3) is 0 Å². The minimum Gasteiger partial charge on any atom is -0.290 e. The summed E-state index contributed by atoms with van der Waals surface area (Å²) in [6.07, 6.45) is 2.76. The third kappa shape index (κ3) is 4.75. The van der Waals surface area contributed by atoms with Gasteiger partial charge in [0.1, 0.15) is 0 Å². The molecule has 1 aromatic rings.